The van der Waals surface area contributed by atoms with Gasteiger partial charge in [-0.3, -0.25) is 4.79 Å². The minimum atomic E-state index is -0.552. The molecule has 0 aliphatic heterocycles. The molecule has 0 saturated heterocycles. The zero-order valence-electron chi connectivity index (χ0n) is 9.59. The molecule has 0 aromatic heterocycles. The maximum Gasteiger partial charge on any atom is 0.168 e. The predicted molar refractivity (Wildman–Crippen MR) is 75.9 cm³/mol. The van der Waals surface area contributed by atoms with E-state index < -0.39 is 5.82 Å². The van der Waals surface area contributed by atoms with Crippen molar-refractivity contribution in [2.75, 3.05) is 0 Å². The topological polar surface area (TPSA) is 17.1 Å². The lowest BCUT2D eigenvalue weighted by atomic mass is 10.0. The van der Waals surface area contributed by atoms with Crippen LogP contribution in [0.15, 0.2) is 36.4 Å². The summed E-state index contributed by atoms with van der Waals surface area (Å²) in [5, 5.41) is 0.551. The largest absolute Gasteiger partial charge is 0.294 e. The summed E-state index contributed by atoms with van der Waals surface area (Å²) >= 11 is 17.4. The molecule has 5 heteroatoms. The van der Waals surface area contributed by atoms with Gasteiger partial charge in [-0.25, -0.2) is 4.39 Å². The van der Waals surface area contributed by atoms with Crippen molar-refractivity contribution in [1.29, 1.82) is 0 Å². The van der Waals surface area contributed by atoms with Gasteiger partial charge in [0.25, 0.3) is 0 Å². The van der Waals surface area contributed by atoms with Crippen LogP contribution in [0.25, 0.3) is 0 Å². The number of hydrogen-bond donors (Lipinski definition) is 0. The Labute approximate surface area is 124 Å². The van der Waals surface area contributed by atoms with Gasteiger partial charge in [-0.15, -0.1) is 0 Å². The zero-order valence-corrected chi connectivity index (χ0v) is 11.9. The lowest BCUT2D eigenvalue weighted by molar-refractivity contribution is 0.0993. The lowest BCUT2D eigenvalue weighted by Gasteiger charge is -2.05. The van der Waals surface area contributed by atoms with E-state index in [1.54, 1.807) is 24.3 Å². The van der Waals surface area contributed by atoms with Gasteiger partial charge in [-0.05, 0) is 29.8 Å². The highest BCUT2D eigenvalue weighted by Crippen LogP contribution is 2.27. The molecule has 0 aliphatic rings. The van der Waals surface area contributed by atoms with Gasteiger partial charge in [0, 0.05) is 12.0 Å². The van der Waals surface area contributed by atoms with E-state index in [1.807, 2.05) is 0 Å². The van der Waals surface area contributed by atoms with Crippen LogP contribution < -0.4 is 0 Å². The molecule has 0 radical (unpaired) electrons. The van der Waals surface area contributed by atoms with E-state index >= 15 is 0 Å². The molecule has 0 amide bonds. The summed E-state index contributed by atoms with van der Waals surface area (Å²) in [6.07, 6.45) is 0.0359. The third-order valence-electron chi connectivity index (χ3n) is 2.60. The summed E-state index contributed by atoms with van der Waals surface area (Å²) in [4.78, 5) is 12.1. The summed E-state index contributed by atoms with van der Waals surface area (Å²) in [5.74, 6) is -0.779. The Morgan fingerprint density at radius 2 is 1.79 bits per heavy atom. The average molecular weight is 318 g/mol. The number of carbonyl (C=O) groups excluding carboxylic acids is 1. The van der Waals surface area contributed by atoms with E-state index in [1.165, 1.54) is 12.1 Å². The fourth-order valence-corrected chi connectivity index (χ4v) is 2.17. The molecule has 0 heterocycles. The Morgan fingerprint density at radius 1 is 1.05 bits per heavy atom. The summed E-state index contributed by atoms with van der Waals surface area (Å²) in [7, 11) is 0. The Balaban J connectivity index is 2.26. The van der Waals surface area contributed by atoms with Crippen molar-refractivity contribution < 1.29 is 9.18 Å². The maximum absolute atomic E-state index is 13.3. The lowest BCUT2D eigenvalue weighted by Crippen LogP contribution is -2.04. The van der Waals surface area contributed by atoms with Crippen LogP contribution in [-0.2, 0) is 6.42 Å². The summed E-state index contributed by atoms with van der Waals surface area (Å²) < 4.78 is 13.3. The van der Waals surface area contributed by atoms with Gasteiger partial charge in [0.15, 0.2) is 5.78 Å². The fraction of sp³-hybridized carbons (Fsp3) is 0.0714. The molecular formula is C14H8Cl3FO. The molecule has 1 nitrogen and oxygen atoms in total. The van der Waals surface area contributed by atoms with Crippen LogP contribution in [0.5, 0.6) is 0 Å². The van der Waals surface area contributed by atoms with Crippen molar-refractivity contribution in [3.05, 3.63) is 68.4 Å². The van der Waals surface area contributed by atoms with Gasteiger partial charge >= 0.3 is 0 Å². The first-order valence-corrected chi connectivity index (χ1v) is 6.53. The van der Waals surface area contributed by atoms with E-state index in [0.717, 1.165) is 0 Å². The van der Waals surface area contributed by atoms with E-state index in [2.05, 4.69) is 0 Å². The number of rotatable bonds is 3. The Morgan fingerprint density at radius 3 is 2.47 bits per heavy atom. The van der Waals surface area contributed by atoms with Crippen molar-refractivity contribution in [3.63, 3.8) is 0 Å². The van der Waals surface area contributed by atoms with Crippen LogP contribution in [0, 0.1) is 5.82 Å². The summed E-state index contributed by atoms with van der Waals surface area (Å²) in [5.41, 5.74) is 0.854. The molecule has 2 aromatic carbocycles. The SMILES string of the molecule is O=C(Cc1ccc(Cl)c(F)c1)c1cccc(Cl)c1Cl. The van der Waals surface area contributed by atoms with Crippen LogP contribution >= 0.6 is 34.8 Å². The van der Waals surface area contributed by atoms with E-state index in [-0.39, 0.29) is 22.2 Å². The van der Waals surface area contributed by atoms with E-state index in [0.29, 0.717) is 16.1 Å². The summed E-state index contributed by atoms with van der Waals surface area (Å²) in [6, 6.07) is 9.08. The fourth-order valence-electron chi connectivity index (χ4n) is 1.65. The van der Waals surface area contributed by atoms with Crippen molar-refractivity contribution in [2.24, 2.45) is 0 Å². The van der Waals surface area contributed by atoms with Gasteiger partial charge < -0.3 is 0 Å². The monoisotopic (exact) mass is 316 g/mol. The Kier molecular flexibility index (Phi) is 4.46. The molecule has 0 aliphatic carbocycles. The van der Waals surface area contributed by atoms with Crippen molar-refractivity contribution in [1.82, 2.24) is 0 Å². The second-order valence-electron chi connectivity index (χ2n) is 3.95. The number of benzene rings is 2. The third kappa shape index (κ3) is 3.27. The molecule has 0 atom stereocenters. The smallest absolute Gasteiger partial charge is 0.168 e. The molecule has 2 aromatic rings. The highest BCUT2D eigenvalue weighted by molar-refractivity contribution is 6.43. The zero-order chi connectivity index (χ0) is 14.0. The number of halogens is 4. The first-order chi connectivity index (χ1) is 8.99. The molecule has 0 unspecified atom stereocenters. The maximum atomic E-state index is 13.3. The third-order valence-corrected chi connectivity index (χ3v) is 3.73. The van der Waals surface area contributed by atoms with Crippen molar-refractivity contribution in [2.45, 2.75) is 6.42 Å². The van der Waals surface area contributed by atoms with Gasteiger partial charge in [-0.2, -0.15) is 0 Å². The molecule has 0 N–H and O–H groups in total. The first kappa shape index (κ1) is 14.3. The van der Waals surface area contributed by atoms with Crippen molar-refractivity contribution >= 4 is 40.6 Å². The van der Waals surface area contributed by atoms with Gasteiger partial charge in [-0.1, -0.05) is 46.9 Å². The molecule has 2 rings (SSSR count). The Hall–Kier alpha value is -1.09. The Bertz CT molecular complexity index is 641. The van der Waals surface area contributed by atoms with Crippen molar-refractivity contribution in [3.8, 4) is 0 Å². The van der Waals surface area contributed by atoms with Gasteiger partial charge in [0.1, 0.15) is 5.82 Å². The average Bonchev–Trinajstić information content (AvgIpc) is 2.37. The first-order valence-electron chi connectivity index (χ1n) is 5.40. The van der Waals surface area contributed by atoms with E-state index in [9.17, 15) is 9.18 Å². The second-order valence-corrected chi connectivity index (χ2v) is 5.14. The van der Waals surface area contributed by atoms with Crippen LogP contribution in [0.4, 0.5) is 4.39 Å². The minimum absolute atomic E-state index is 0.0250. The van der Waals surface area contributed by atoms with Gasteiger partial charge in [0.2, 0.25) is 0 Å². The number of Topliss-reactive ketones (excluding diaryl/α,β-unsaturated/α-hetero) is 1. The van der Waals surface area contributed by atoms with Gasteiger partial charge in [0.05, 0.1) is 15.1 Å². The van der Waals surface area contributed by atoms with Crippen LogP contribution in [-0.4, -0.2) is 5.78 Å². The van der Waals surface area contributed by atoms with E-state index in [4.69, 9.17) is 34.8 Å². The molecule has 98 valence electrons. The molecule has 0 fully saturated rings. The quantitative estimate of drug-likeness (QED) is 0.710. The number of hydrogen-bond acceptors (Lipinski definition) is 1. The molecule has 0 spiro atoms. The molecule has 19 heavy (non-hydrogen) atoms. The van der Waals surface area contributed by atoms with Crippen LogP contribution in [0.1, 0.15) is 15.9 Å². The normalized spacial score (nSPS) is 10.5. The molecule has 0 saturated carbocycles. The second kappa shape index (κ2) is 5.91. The number of ketones is 1. The minimum Gasteiger partial charge on any atom is -0.294 e. The molecule has 0 bridgehead atoms. The van der Waals surface area contributed by atoms with Crippen LogP contribution in [0.2, 0.25) is 15.1 Å². The standard InChI is InChI=1S/C14H8Cl3FO/c15-10-5-4-8(6-12(10)18)7-13(19)9-2-1-3-11(16)14(9)17/h1-6H,7H2. The van der Waals surface area contributed by atoms with Crippen LogP contribution in [0.3, 0.4) is 0 Å². The molecular weight excluding hydrogens is 310 g/mol. The predicted octanol–water partition coefficient (Wildman–Crippen LogP) is 5.21. The number of carbonyl (C=O) groups is 1. The highest BCUT2D eigenvalue weighted by Gasteiger charge is 2.14. The highest BCUT2D eigenvalue weighted by atomic mass is 35.5. The summed E-state index contributed by atoms with van der Waals surface area (Å²) in [6.45, 7) is 0.